The van der Waals surface area contributed by atoms with E-state index in [2.05, 4.69) is 16.0 Å². The number of hydrogen-bond acceptors (Lipinski definition) is 9. The molecule has 15 heteroatoms. The van der Waals surface area contributed by atoms with Gasteiger partial charge in [-0.25, -0.2) is 4.79 Å². The lowest BCUT2D eigenvalue weighted by atomic mass is 10.0. The Balaban J connectivity index is 2.99. The minimum Gasteiger partial charge on any atom is -0.508 e. The van der Waals surface area contributed by atoms with Crippen molar-refractivity contribution in [1.82, 2.24) is 16.0 Å². The van der Waals surface area contributed by atoms with Gasteiger partial charge in [0.1, 0.15) is 23.9 Å². The van der Waals surface area contributed by atoms with E-state index in [1.807, 2.05) is 0 Å². The molecule has 12 N–H and O–H groups in total. The first-order valence-electron chi connectivity index (χ1n) is 12.2. The zero-order chi connectivity index (χ0) is 29.5. The van der Waals surface area contributed by atoms with Crippen molar-refractivity contribution >= 4 is 35.6 Å². The number of aliphatic carboxylic acids is 2. The van der Waals surface area contributed by atoms with Crippen molar-refractivity contribution in [3.8, 4) is 5.75 Å². The summed E-state index contributed by atoms with van der Waals surface area (Å²) in [6.45, 7) is 0.322. The number of unbranched alkanes of at least 4 members (excludes halogenated alkanes) is 1. The molecule has 216 valence electrons. The summed E-state index contributed by atoms with van der Waals surface area (Å²) >= 11 is 0. The second kappa shape index (κ2) is 16.6. The number of carbonyl (C=O) groups is 6. The van der Waals surface area contributed by atoms with E-state index in [1.54, 1.807) is 12.1 Å². The highest BCUT2D eigenvalue weighted by Gasteiger charge is 2.31. The highest BCUT2D eigenvalue weighted by molar-refractivity contribution is 5.96. The molecular formula is C24H36N6O9. The van der Waals surface area contributed by atoms with Crippen LogP contribution in [0.25, 0.3) is 0 Å². The van der Waals surface area contributed by atoms with E-state index in [4.69, 9.17) is 22.3 Å². The molecule has 1 rings (SSSR count). The van der Waals surface area contributed by atoms with Gasteiger partial charge in [0.25, 0.3) is 0 Å². The smallest absolute Gasteiger partial charge is 0.326 e. The third kappa shape index (κ3) is 12.7. The van der Waals surface area contributed by atoms with Crippen LogP contribution in [0.4, 0.5) is 0 Å². The predicted molar refractivity (Wildman–Crippen MR) is 137 cm³/mol. The zero-order valence-electron chi connectivity index (χ0n) is 21.3. The Morgan fingerprint density at radius 1 is 0.795 bits per heavy atom. The molecule has 0 saturated heterocycles. The maximum absolute atomic E-state index is 13.0. The van der Waals surface area contributed by atoms with Gasteiger partial charge in [0.15, 0.2) is 0 Å². The summed E-state index contributed by atoms with van der Waals surface area (Å²) in [4.78, 5) is 72.6. The lowest BCUT2D eigenvalue weighted by Crippen LogP contribution is -2.58. The van der Waals surface area contributed by atoms with Crippen LogP contribution in [0.3, 0.4) is 0 Å². The van der Waals surface area contributed by atoms with E-state index in [0.29, 0.717) is 24.9 Å². The first-order valence-corrected chi connectivity index (χ1v) is 12.2. The Morgan fingerprint density at radius 3 is 1.90 bits per heavy atom. The fraction of sp³-hybridized carbons (Fsp3) is 0.500. The SMILES string of the molecule is NCCCCC(NC(=O)C(CC(N)=O)NC(=O)C(CCC(=O)O)NC(=O)C(N)Cc1ccc(O)cc1)C(=O)O. The van der Waals surface area contributed by atoms with Gasteiger partial charge < -0.3 is 48.5 Å². The van der Waals surface area contributed by atoms with Crippen molar-refractivity contribution in [2.75, 3.05) is 6.54 Å². The fourth-order valence-electron chi connectivity index (χ4n) is 3.50. The Hall–Kier alpha value is -4.24. The van der Waals surface area contributed by atoms with Crippen LogP contribution in [0.2, 0.25) is 0 Å². The number of carboxylic acids is 2. The molecule has 0 radical (unpaired) electrons. The van der Waals surface area contributed by atoms with E-state index < -0.39 is 72.6 Å². The van der Waals surface area contributed by atoms with Crippen molar-refractivity contribution in [3.05, 3.63) is 29.8 Å². The number of benzene rings is 1. The van der Waals surface area contributed by atoms with Gasteiger partial charge in [-0.15, -0.1) is 0 Å². The lowest BCUT2D eigenvalue weighted by molar-refractivity contribution is -0.142. The van der Waals surface area contributed by atoms with Gasteiger partial charge >= 0.3 is 11.9 Å². The zero-order valence-corrected chi connectivity index (χ0v) is 21.3. The number of aromatic hydroxyl groups is 1. The normalized spacial score (nSPS) is 13.8. The van der Waals surface area contributed by atoms with E-state index in [9.17, 15) is 39.0 Å². The number of phenols is 1. The molecule has 0 aliphatic carbocycles. The molecule has 15 nitrogen and oxygen atoms in total. The second-order valence-electron chi connectivity index (χ2n) is 8.89. The van der Waals surface area contributed by atoms with Gasteiger partial charge in [-0.1, -0.05) is 12.1 Å². The molecule has 0 heterocycles. The van der Waals surface area contributed by atoms with Crippen LogP contribution in [0.5, 0.6) is 5.75 Å². The van der Waals surface area contributed by atoms with Crippen LogP contribution in [0.15, 0.2) is 24.3 Å². The van der Waals surface area contributed by atoms with Crippen LogP contribution >= 0.6 is 0 Å². The third-order valence-corrected chi connectivity index (χ3v) is 5.61. The summed E-state index contributed by atoms with van der Waals surface area (Å²) in [6, 6.07) is 0.375. The molecule has 1 aromatic carbocycles. The second-order valence-corrected chi connectivity index (χ2v) is 8.89. The van der Waals surface area contributed by atoms with Crippen LogP contribution < -0.4 is 33.2 Å². The summed E-state index contributed by atoms with van der Waals surface area (Å²) in [6.07, 6.45) is -0.596. The summed E-state index contributed by atoms with van der Waals surface area (Å²) in [5, 5.41) is 34.7. The monoisotopic (exact) mass is 552 g/mol. The molecular weight excluding hydrogens is 516 g/mol. The van der Waals surface area contributed by atoms with Gasteiger partial charge in [0, 0.05) is 6.42 Å². The van der Waals surface area contributed by atoms with Gasteiger partial charge in [-0.3, -0.25) is 24.0 Å². The molecule has 0 fully saturated rings. The molecule has 1 aromatic rings. The van der Waals surface area contributed by atoms with Crippen LogP contribution in [-0.4, -0.2) is 81.6 Å². The quantitative estimate of drug-likeness (QED) is 0.0871. The van der Waals surface area contributed by atoms with Crippen LogP contribution in [0, 0.1) is 0 Å². The van der Waals surface area contributed by atoms with Gasteiger partial charge in [-0.2, -0.15) is 0 Å². The Labute approximate surface area is 224 Å². The van der Waals surface area contributed by atoms with E-state index in [-0.39, 0.29) is 25.0 Å². The van der Waals surface area contributed by atoms with Crippen molar-refractivity contribution in [2.45, 2.75) is 69.1 Å². The minimum atomic E-state index is -1.60. The lowest BCUT2D eigenvalue weighted by Gasteiger charge is -2.24. The topological polar surface area (TPSA) is 277 Å². The third-order valence-electron chi connectivity index (χ3n) is 5.61. The fourth-order valence-corrected chi connectivity index (χ4v) is 3.50. The van der Waals surface area contributed by atoms with Gasteiger partial charge in [0.05, 0.1) is 12.5 Å². The number of carbonyl (C=O) groups excluding carboxylic acids is 4. The van der Waals surface area contributed by atoms with Gasteiger partial charge in [0.2, 0.25) is 23.6 Å². The molecule has 0 bridgehead atoms. The maximum Gasteiger partial charge on any atom is 0.326 e. The molecule has 0 aromatic heterocycles. The molecule has 0 spiro atoms. The van der Waals surface area contributed by atoms with E-state index >= 15 is 0 Å². The highest BCUT2D eigenvalue weighted by atomic mass is 16.4. The highest BCUT2D eigenvalue weighted by Crippen LogP contribution is 2.11. The predicted octanol–water partition coefficient (Wildman–Crippen LogP) is -2.33. The number of primary amides is 1. The number of nitrogens with one attached hydrogen (secondary N) is 3. The summed E-state index contributed by atoms with van der Waals surface area (Å²) in [5.41, 5.74) is 17.1. The van der Waals surface area contributed by atoms with Crippen LogP contribution in [0.1, 0.15) is 44.1 Å². The van der Waals surface area contributed by atoms with Crippen molar-refractivity contribution in [3.63, 3.8) is 0 Å². The maximum atomic E-state index is 13.0. The molecule has 4 amide bonds. The number of nitrogens with two attached hydrogens (primary N) is 3. The number of phenolic OH excluding ortho intramolecular Hbond substituents is 1. The average molecular weight is 553 g/mol. The summed E-state index contributed by atoms with van der Waals surface area (Å²) < 4.78 is 0. The van der Waals surface area contributed by atoms with Crippen molar-refractivity contribution < 1.29 is 44.1 Å². The number of rotatable bonds is 18. The molecule has 0 aliphatic heterocycles. The molecule has 4 unspecified atom stereocenters. The largest absolute Gasteiger partial charge is 0.508 e. The average Bonchev–Trinajstić information content (AvgIpc) is 2.86. The molecule has 4 atom stereocenters. The first-order chi connectivity index (χ1) is 18.3. The first kappa shape index (κ1) is 32.8. The standard InChI is InChI=1S/C24H36N6O9/c25-10-2-1-3-17(24(38)39)29-23(37)18(12-19(27)32)30-22(36)16(8-9-20(33)34)28-21(35)15(26)11-13-4-6-14(31)7-5-13/h4-7,15-18,31H,1-3,8-12,25-26H2,(H2,27,32)(H,28,35)(H,29,37)(H,30,36)(H,33,34)(H,38,39). The Kier molecular flexibility index (Phi) is 13.9. The van der Waals surface area contributed by atoms with Gasteiger partial charge in [-0.05, 0) is 56.3 Å². The minimum absolute atomic E-state index is 0.0157. The van der Waals surface area contributed by atoms with Crippen molar-refractivity contribution in [1.29, 1.82) is 0 Å². The molecule has 39 heavy (non-hydrogen) atoms. The number of carboxylic acid groups (broad SMARTS) is 2. The van der Waals surface area contributed by atoms with E-state index in [0.717, 1.165) is 0 Å². The number of hydrogen-bond donors (Lipinski definition) is 9. The molecule has 0 aliphatic rings. The van der Waals surface area contributed by atoms with Crippen LogP contribution in [-0.2, 0) is 35.2 Å². The van der Waals surface area contributed by atoms with Crippen molar-refractivity contribution in [2.24, 2.45) is 17.2 Å². The summed E-state index contributed by atoms with van der Waals surface area (Å²) in [7, 11) is 0. The summed E-state index contributed by atoms with van der Waals surface area (Å²) in [5.74, 6) is -6.36. The van der Waals surface area contributed by atoms with E-state index in [1.165, 1.54) is 12.1 Å². The number of amides is 4. The Bertz CT molecular complexity index is 1020. The Morgan fingerprint density at radius 2 is 1.36 bits per heavy atom. The molecule has 0 saturated carbocycles.